The molecule has 0 bridgehead atoms. The SMILES string of the molecule is CCn1cc(CC(NN)C2CC3CC3C2)cn1. The van der Waals surface area contributed by atoms with E-state index in [2.05, 4.69) is 23.6 Å². The second kappa shape index (κ2) is 4.42. The fourth-order valence-electron chi connectivity index (χ4n) is 3.39. The quantitative estimate of drug-likeness (QED) is 0.597. The van der Waals surface area contributed by atoms with Gasteiger partial charge in [-0.3, -0.25) is 16.0 Å². The Morgan fingerprint density at radius 2 is 2.24 bits per heavy atom. The zero-order valence-electron chi connectivity index (χ0n) is 10.5. The molecule has 0 spiro atoms. The highest BCUT2D eigenvalue weighted by atomic mass is 15.3. The van der Waals surface area contributed by atoms with E-state index in [1.807, 2.05) is 10.9 Å². The van der Waals surface area contributed by atoms with Gasteiger partial charge in [0.05, 0.1) is 6.20 Å². The van der Waals surface area contributed by atoms with Crippen LogP contribution in [0, 0.1) is 17.8 Å². The molecule has 1 aromatic heterocycles. The van der Waals surface area contributed by atoms with E-state index >= 15 is 0 Å². The zero-order valence-corrected chi connectivity index (χ0v) is 10.5. The molecule has 1 aromatic rings. The molecule has 17 heavy (non-hydrogen) atoms. The lowest BCUT2D eigenvalue weighted by atomic mass is 9.91. The van der Waals surface area contributed by atoms with Crippen molar-refractivity contribution in [3.63, 3.8) is 0 Å². The molecule has 0 radical (unpaired) electrons. The second-order valence-corrected chi connectivity index (χ2v) is 5.67. The van der Waals surface area contributed by atoms with E-state index in [0.29, 0.717) is 6.04 Å². The van der Waals surface area contributed by atoms with E-state index in [1.54, 1.807) is 0 Å². The van der Waals surface area contributed by atoms with Crippen LogP contribution in [-0.2, 0) is 13.0 Å². The summed E-state index contributed by atoms with van der Waals surface area (Å²) in [5, 5.41) is 4.32. The molecule has 94 valence electrons. The Balaban J connectivity index is 1.61. The van der Waals surface area contributed by atoms with Crippen molar-refractivity contribution >= 4 is 0 Å². The lowest BCUT2D eigenvalue weighted by Gasteiger charge is -2.23. The summed E-state index contributed by atoms with van der Waals surface area (Å²) in [5.74, 6) is 8.54. The van der Waals surface area contributed by atoms with Crippen molar-refractivity contribution in [2.45, 2.75) is 45.2 Å². The maximum Gasteiger partial charge on any atom is 0.0522 e. The van der Waals surface area contributed by atoms with Crippen molar-refractivity contribution in [2.75, 3.05) is 0 Å². The highest BCUT2D eigenvalue weighted by molar-refractivity contribution is 5.08. The van der Waals surface area contributed by atoms with Crippen LogP contribution >= 0.6 is 0 Å². The molecule has 2 aliphatic carbocycles. The molecule has 3 N–H and O–H groups in total. The summed E-state index contributed by atoms with van der Waals surface area (Å²) in [4.78, 5) is 0. The Morgan fingerprint density at radius 3 is 2.82 bits per heavy atom. The van der Waals surface area contributed by atoms with Gasteiger partial charge < -0.3 is 0 Å². The lowest BCUT2D eigenvalue weighted by molar-refractivity contribution is 0.336. The summed E-state index contributed by atoms with van der Waals surface area (Å²) in [5.41, 5.74) is 4.33. The maximum atomic E-state index is 5.72. The number of nitrogens with two attached hydrogens (primary N) is 1. The Hall–Kier alpha value is -0.870. The van der Waals surface area contributed by atoms with Gasteiger partial charge in [-0.25, -0.2) is 0 Å². The van der Waals surface area contributed by atoms with Gasteiger partial charge in [0.1, 0.15) is 0 Å². The Kier molecular flexibility index (Phi) is 2.92. The first-order valence-corrected chi connectivity index (χ1v) is 6.77. The van der Waals surface area contributed by atoms with Crippen LogP contribution in [0.2, 0.25) is 0 Å². The van der Waals surface area contributed by atoms with E-state index in [4.69, 9.17) is 5.84 Å². The number of rotatable bonds is 5. The topological polar surface area (TPSA) is 55.9 Å². The van der Waals surface area contributed by atoms with Gasteiger partial charge in [-0.2, -0.15) is 5.10 Å². The summed E-state index contributed by atoms with van der Waals surface area (Å²) in [6, 6.07) is 0.428. The third-order valence-electron chi connectivity index (χ3n) is 4.53. The maximum absolute atomic E-state index is 5.72. The number of nitrogens with zero attached hydrogens (tertiary/aromatic N) is 2. The molecule has 2 fully saturated rings. The van der Waals surface area contributed by atoms with E-state index < -0.39 is 0 Å². The van der Waals surface area contributed by atoms with Gasteiger partial charge in [0, 0.05) is 18.8 Å². The van der Waals surface area contributed by atoms with Crippen molar-refractivity contribution in [2.24, 2.45) is 23.6 Å². The fraction of sp³-hybridized carbons (Fsp3) is 0.769. The third kappa shape index (κ3) is 2.24. The minimum Gasteiger partial charge on any atom is -0.273 e. The van der Waals surface area contributed by atoms with E-state index in [9.17, 15) is 0 Å². The molecule has 3 atom stereocenters. The Morgan fingerprint density at radius 1 is 1.47 bits per heavy atom. The number of aromatic nitrogens is 2. The highest BCUT2D eigenvalue weighted by Crippen LogP contribution is 2.55. The van der Waals surface area contributed by atoms with Crippen LogP contribution in [0.25, 0.3) is 0 Å². The molecular weight excluding hydrogens is 212 g/mol. The Labute approximate surface area is 103 Å². The van der Waals surface area contributed by atoms with E-state index in [1.165, 1.54) is 24.8 Å². The standard InChI is InChI=1S/C13H22N4/c1-2-17-8-9(7-15-17)3-13(16-14)12-5-10-4-11(10)6-12/h7-8,10-13,16H,2-6,14H2,1H3. The van der Waals surface area contributed by atoms with E-state index in [0.717, 1.165) is 30.7 Å². The second-order valence-electron chi connectivity index (χ2n) is 5.67. The van der Waals surface area contributed by atoms with Gasteiger partial charge in [-0.05, 0) is 55.9 Å². The summed E-state index contributed by atoms with van der Waals surface area (Å²) in [7, 11) is 0. The van der Waals surface area contributed by atoms with Crippen molar-refractivity contribution < 1.29 is 0 Å². The number of hydrogen-bond acceptors (Lipinski definition) is 3. The first-order valence-electron chi connectivity index (χ1n) is 6.77. The van der Waals surface area contributed by atoms with Gasteiger partial charge in [-0.1, -0.05) is 0 Å². The van der Waals surface area contributed by atoms with Crippen molar-refractivity contribution in [3.8, 4) is 0 Å². The molecular formula is C13H22N4. The van der Waals surface area contributed by atoms with Crippen LogP contribution in [-0.4, -0.2) is 15.8 Å². The first-order chi connectivity index (χ1) is 8.30. The average molecular weight is 234 g/mol. The average Bonchev–Trinajstić information content (AvgIpc) is 2.81. The van der Waals surface area contributed by atoms with Gasteiger partial charge in [0.15, 0.2) is 0 Å². The van der Waals surface area contributed by atoms with Crippen LogP contribution in [0.15, 0.2) is 12.4 Å². The van der Waals surface area contributed by atoms with Crippen LogP contribution in [0.1, 0.15) is 31.7 Å². The number of aryl methyl sites for hydroxylation is 1. The van der Waals surface area contributed by atoms with Crippen molar-refractivity contribution in [1.29, 1.82) is 0 Å². The van der Waals surface area contributed by atoms with Crippen LogP contribution in [0.3, 0.4) is 0 Å². The van der Waals surface area contributed by atoms with Gasteiger partial charge in [0.25, 0.3) is 0 Å². The van der Waals surface area contributed by atoms with Crippen molar-refractivity contribution in [3.05, 3.63) is 18.0 Å². The summed E-state index contributed by atoms with van der Waals surface area (Å²) in [6.45, 7) is 3.05. The van der Waals surface area contributed by atoms with Gasteiger partial charge in [0.2, 0.25) is 0 Å². The van der Waals surface area contributed by atoms with Crippen molar-refractivity contribution in [1.82, 2.24) is 15.2 Å². The molecule has 0 aliphatic heterocycles. The smallest absolute Gasteiger partial charge is 0.0522 e. The van der Waals surface area contributed by atoms with Crippen LogP contribution in [0.4, 0.5) is 0 Å². The molecule has 2 saturated carbocycles. The largest absolute Gasteiger partial charge is 0.273 e. The van der Waals surface area contributed by atoms with E-state index in [-0.39, 0.29) is 0 Å². The number of hydrogen-bond donors (Lipinski definition) is 2. The number of fused-ring (bicyclic) bond motifs is 1. The molecule has 2 aliphatic rings. The van der Waals surface area contributed by atoms with Crippen LogP contribution in [0.5, 0.6) is 0 Å². The molecule has 0 saturated heterocycles. The summed E-state index contributed by atoms with van der Waals surface area (Å²) < 4.78 is 1.98. The van der Waals surface area contributed by atoms with Gasteiger partial charge in [-0.15, -0.1) is 0 Å². The molecule has 3 unspecified atom stereocenters. The number of hydrazine groups is 1. The lowest BCUT2D eigenvalue weighted by Crippen LogP contribution is -2.42. The normalized spacial score (nSPS) is 32.5. The molecule has 4 heteroatoms. The molecule has 3 rings (SSSR count). The monoisotopic (exact) mass is 234 g/mol. The molecule has 1 heterocycles. The summed E-state index contributed by atoms with van der Waals surface area (Å²) in [6.07, 6.45) is 9.36. The fourth-order valence-corrected chi connectivity index (χ4v) is 3.39. The van der Waals surface area contributed by atoms with Gasteiger partial charge >= 0.3 is 0 Å². The highest BCUT2D eigenvalue weighted by Gasteiger charge is 2.47. The zero-order chi connectivity index (χ0) is 11.8. The first kappa shape index (κ1) is 11.2. The predicted molar refractivity (Wildman–Crippen MR) is 67.0 cm³/mol. The van der Waals surface area contributed by atoms with Crippen LogP contribution < -0.4 is 11.3 Å². The minimum absolute atomic E-state index is 0.428. The molecule has 0 aromatic carbocycles. The third-order valence-corrected chi connectivity index (χ3v) is 4.53. The molecule has 0 amide bonds. The number of nitrogens with one attached hydrogen (secondary N) is 1. The summed E-state index contributed by atoms with van der Waals surface area (Å²) >= 11 is 0. The minimum atomic E-state index is 0.428. The Bertz CT molecular complexity index is 377. The predicted octanol–water partition coefficient (Wildman–Crippen LogP) is 1.32. The molecule has 4 nitrogen and oxygen atoms in total.